The number of carboxylic acid groups (broad SMARTS) is 1. The van der Waals surface area contributed by atoms with Crippen molar-refractivity contribution in [2.24, 2.45) is 5.41 Å². The molecule has 1 amide bonds. The van der Waals surface area contributed by atoms with Gasteiger partial charge in [0, 0.05) is 18.8 Å². The molecule has 0 aliphatic rings. The molecule has 0 saturated heterocycles. The molecule has 2 aromatic rings. The largest absolute Gasteiger partial charge is 0.484 e. The number of rotatable bonds is 8. The van der Waals surface area contributed by atoms with Crippen molar-refractivity contribution in [2.75, 3.05) is 13.2 Å². The van der Waals surface area contributed by atoms with Crippen molar-refractivity contribution < 1.29 is 24.2 Å². The van der Waals surface area contributed by atoms with E-state index in [4.69, 9.17) is 14.6 Å². The van der Waals surface area contributed by atoms with Crippen LogP contribution in [0.4, 0.5) is 0 Å². The third kappa shape index (κ3) is 5.80. The molecule has 7 nitrogen and oxygen atoms in total. The van der Waals surface area contributed by atoms with Gasteiger partial charge in [-0.05, 0) is 44.2 Å². The molecule has 25 heavy (non-hydrogen) atoms. The monoisotopic (exact) mass is 344 g/mol. The van der Waals surface area contributed by atoms with Crippen molar-refractivity contribution in [1.29, 1.82) is 0 Å². The molecule has 0 saturated carbocycles. The standard InChI is InChI=1S/C18H20N2O5/c1-18(2,17(22)23)12-20-15(21)11-24-13-6-8-14(9-7-13)25-16-5-3-4-10-19-16/h3-10H,11-12H2,1-2H3,(H,20,21)(H,22,23). The highest BCUT2D eigenvalue weighted by Crippen LogP contribution is 2.22. The molecule has 0 radical (unpaired) electrons. The summed E-state index contributed by atoms with van der Waals surface area (Å²) < 4.78 is 10.9. The predicted molar refractivity (Wildman–Crippen MR) is 90.7 cm³/mol. The van der Waals surface area contributed by atoms with Gasteiger partial charge in [-0.25, -0.2) is 4.98 Å². The maximum Gasteiger partial charge on any atom is 0.310 e. The molecule has 0 aliphatic carbocycles. The van der Waals surface area contributed by atoms with Crippen LogP contribution < -0.4 is 14.8 Å². The summed E-state index contributed by atoms with van der Waals surface area (Å²) in [5.74, 6) is 0.219. The molecular weight excluding hydrogens is 324 g/mol. The Labute approximate surface area is 145 Å². The molecule has 7 heteroatoms. The van der Waals surface area contributed by atoms with Gasteiger partial charge in [0.1, 0.15) is 11.5 Å². The summed E-state index contributed by atoms with van der Waals surface area (Å²) in [6, 6.07) is 12.1. The molecule has 1 aromatic carbocycles. The number of nitrogens with one attached hydrogen (secondary N) is 1. The van der Waals surface area contributed by atoms with Crippen LogP contribution in [-0.4, -0.2) is 35.1 Å². The summed E-state index contributed by atoms with van der Waals surface area (Å²) in [7, 11) is 0. The van der Waals surface area contributed by atoms with Gasteiger partial charge in [-0.2, -0.15) is 0 Å². The van der Waals surface area contributed by atoms with Crippen LogP contribution in [0, 0.1) is 5.41 Å². The summed E-state index contributed by atoms with van der Waals surface area (Å²) in [6.07, 6.45) is 1.64. The van der Waals surface area contributed by atoms with Crippen LogP contribution in [0.25, 0.3) is 0 Å². The van der Waals surface area contributed by atoms with Crippen molar-refractivity contribution >= 4 is 11.9 Å². The quantitative estimate of drug-likeness (QED) is 0.763. The predicted octanol–water partition coefficient (Wildman–Crippen LogP) is 2.48. The Bertz CT molecular complexity index is 714. The van der Waals surface area contributed by atoms with E-state index in [-0.39, 0.29) is 19.1 Å². The second kappa shape index (κ2) is 8.14. The summed E-state index contributed by atoms with van der Waals surface area (Å²) in [4.78, 5) is 26.8. The number of benzene rings is 1. The first kappa shape index (κ1) is 18.3. The minimum atomic E-state index is -1.03. The molecule has 2 rings (SSSR count). The van der Waals surface area contributed by atoms with Crippen molar-refractivity contribution in [1.82, 2.24) is 10.3 Å². The van der Waals surface area contributed by atoms with Crippen LogP contribution in [-0.2, 0) is 9.59 Å². The number of aromatic nitrogens is 1. The Balaban J connectivity index is 1.79. The van der Waals surface area contributed by atoms with Gasteiger partial charge in [-0.3, -0.25) is 9.59 Å². The molecule has 0 aliphatic heterocycles. The first-order valence-corrected chi connectivity index (χ1v) is 7.69. The maximum absolute atomic E-state index is 11.7. The Morgan fingerprint density at radius 1 is 1.12 bits per heavy atom. The van der Waals surface area contributed by atoms with Gasteiger partial charge in [0.05, 0.1) is 5.41 Å². The Kier molecular flexibility index (Phi) is 5.94. The SMILES string of the molecule is CC(C)(CNC(=O)COc1ccc(Oc2ccccn2)cc1)C(=O)O. The number of aliphatic carboxylic acids is 1. The third-order valence-electron chi connectivity index (χ3n) is 3.36. The number of nitrogens with zero attached hydrogens (tertiary/aromatic N) is 1. The van der Waals surface area contributed by atoms with E-state index in [1.54, 1.807) is 42.6 Å². The van der Waals surface area contributed by atoms with Gasteiger partial charge in [-0.1, -0.05) is 6.07 Å². The highest BCUT2D eigenvalue weighted by atomic mass is 16.5. The Morgan fingerprint density at radius 3 is 2.40 bits per heavy atom. The molecule has 1 aromatic heterocycles. The average molecular weight is 344 g/mol. The van der Waals surface area contributed by atoms with E-state index < -0.39 is 11.4 Å². The number of hydrogen-bond acceptors (Lipinski definition) is 5. The first-order valence-electron chi connectivity index (χ1n) is 7.69. The Hall–Kier alpha value is -3.09. The van der Waals surface area contributed by atoms with Crippen molar-refractivity contribution in [3.05, 3.63) is 48.7 Å². The lowest BCUT2D eigenvalue weighted by Crippen LogP contribution is -2.40. The van der Waals surface area contributed by atoms with Crippen LogP contribution in [0.15, 0.2) is 48.7 Å². The van der Waals surface area contributed by atoms with Crippen LogP contribution >= 0.6 is 0 Å². The lowest BCUT2D eigenvalue weighted by molar-refractivity contribution is -0.146. The molecule has 0 bridgehead atoms. The second-order valence-electron chi connectivity index (χ2n) is 6.00. The summed E-state index contributed by atoms with van der Waals surface area (Å²) in [5, 5.41) is 11.5. The van der Waals surface area contributed by atoms with E-state index in [1.807, 2.05) is 6.07 Å². The van der Waals surface area contributed by atoms with Crippen molar-refractivity contribution in [3.63, 3.8) is 0 Å². The molecular formula is C18H20N2O5. The minimum Gasteiger partial charge on any atom is -0.484 e. The number of carboxylic acids is 1. The zero-order valence-electron chi connectivity index (χ0n) is 14.1. The molecule has 0 atom stereocenters. The lowest BCUT2D eigenvalue weighted by atomic mass is 9.94. The molecule has 132 valence electrons. The Morgan fingerprint density at radius 2 is 1.80 bits per heavy atom. The van der Waals surface area contributed by atoms with Crippen LogP contribution in [0.1, 0.15) is 13.8 Å². The van der Waals surface area contributed by atoms with Gasteiger partial charge in [0.15, 0.2) is 6.61 Å². The van der Waals surface area contributed by atoms with E-state index in [2.05, 4.69) is 10.3 Å². The van der Waals surface area contributed by atoms with E-state index in [0.717, 1.165) is 0 Å². The highest BCUT2D eigenvalue weighted by Gasteiger charge is 2.27. The van der Waals surface area contributed by atoms with Crippen molar-refractivity contribution in [2.45, 2.75) is 13.8 Å². The van der Waals surface area contributed by atoms with Gasteiger partial charge >= 0.3 is 5.97 Å². The van der Waals surface area contributed by atoms with Crippen molar-refractivity contribution in [3.8, 4) is 17.4 Å². The van der Waals surface area contributed by atoms with E-state index in [0.29, 0.717) is 17.4 Å². The number of hydrogen-bond donors (Lipinski definition) is 2. The highest BCUT2D eigenvalue weighted by molar-refractivity contribution is 5.79. The first-order chi connectivity index (χ1) is 11.9. The molecule has 2 N–H and O–H groups in total. The number of amides is 1. The van der Waals surface area contributed by atoms with Gasteiger partial charge in [0.25, 0.3) is 5.91 Å². The lowest BCUT2D eigenvalue weighted by Gasteiger charge is -2.19. The van der Waals surface area contributed by atoms with E-state index >= 15 is 0 Å². The number of carbonyl (C=O) groups excluding carboxylic acids is 1. The number of ether oxygens (including phenoxy) is 2. The topological polar surface area (TPSA) is 97.8 Å². The molecule has 1 heterocycles. The number of pyridine rings is 1. The van der Waals surface area contributed by atoms with E-state index in [1.165, 1.54) is 13.8 Å². The zero-order chi connectivity index (χ0) is 18.3. The second-order valence-corrected chi connectivity index (χ2v) is 6.00. The van der Waals surface area contributed by atoms with Crippen LogP contribution in [0.5, 0.6) is 17.4 Å². The zero-order valence-corrected chi connectivity index (χ0v) is 14.1. The fourth-order valence-corrected chi connectivity index (χ4v) is 1.73. The van der Waals surface area contributed by atoms with Gasteiger partial charge in [0.2, 0.25) is 5.88 Å². The molecule has 0 fully saturated rings. The average Bonchev–Trinajstić information content (AvgIpc) is 2.60. The van der Waals surface area contributed by atoms with E-state index in [9.17, 15) is 9.59 Å². The number of carbonyl (C=O) groups is 2. The van der Waals surface area contributed by atoms with Crippen LogP contribution in [0.3, 0.4) is 0 Å². The van der Waals surface area contributed by atoms with Gasteiger partial charge < -0.3 is 19.9 Å². The van der Waals surface area contributed by atoms with Gasteiger partial charge in [-0.15, -0.1) is 0 Å². The van der Waals surface area contributed by atoms with Crippen LogP contribution in [0.2, 0.25) is 0 Å². The summed E-state index contributed by atoms with van der Waals surface area (Å²) in [5.41, 5.74) is -1.03. The third-order valence-corrected chi connectivity index (χ3v) is 3.36. The summed E-state index contributed by atoms with van der Waals surface area (Å²) >= 11 is 0. The molecule has 0 unspecified atom stereocenters. The maximum atomic E-state index is 11.7. The molecule has 0 spiro atoms. The smallest absolute Gasteiger partial charge is 0.310 e. The normalized spacial score (nSPS) is 10.8. The fraction of sp³-hybridized carbons (Fsp3) is 0.278. The summed E-state index contributed by atoms with van der Waals surface area (Å²) in [6.45, 7) is 2.91. The minimum absolute atomic E-state index is 0.0291. The fourth-order valence-electron chi connectivity index (χ4n) is 1.73.